The van der Waals surface area contributed by atoms with Crippen LogP contribution in [0.2, 0.25) is 0 Å². The van der Waals surface area contributed by atoms with E-state index in [1.165, 1.54) is 37.2 Å². The average molecular weight is 419 g/mol. The molecule has 2 N–H and O–H groups in total. The maximum atomic E-state index is 5.60. The van der Waals surface area contributed by atoms with Gasteiger partial charge in [-0.1, -0.05) is 19.1 Å². The Morgan fingerprint density at radius 2 is 2.00 bits per heavy atom. The number of hydrogen-bond acceptors (Lipinski definition) is 4. The molecule has 1 atom stereocenters. The van der Waals surface area contributed by atoms with Gasteiger partial charge in [-0.05, 0) is 63.0 Å². The summed E-state index contributed by atoms with van der Waals surface area (Å²) in [7, 11) is 0. The lowest BCUT2D eigenvalue weighted by Crippen LogP contribution is -2.42. The van der Waals surface area contributed by atoms with E-state index in [9.17, 15) is 0 Å². The van der Waals surface area contributed by atoms with Gasteiger partial charge in [0.2, 0.25) is 0 Å². The molecular weight excluding hydrogens is 380 g/mol. The van der Waals surface area contributed by atoms with Crippen LogP contribution in [0.1, 0.15) is 58.1 Å². The van der Waals surface area contributed by atoms with Crippen molar-refractivity contribution in [2.24, 2.45) is 4.99 Å². The number of hydrogen-bond donors (Lipinski definition) is 2. The first-order valence-electron chi connectivity index (χ1n) is 11.3. The molecule has 5 nitrogen and oxygen atoms in total. The van der Waals surface area contributed by atoms with Crippen LogP contribution < -0.4 is 15.5 Å². The predicted octanol–water partition coefficient (Wildman–Crippen LogP) is 4.21. The molecule has 3 rings (SSSR count). The molecule has 1 unspecified atom stereocenters. The maximum Gasteiger partial charge on any atom is 0.191 e. The molecule has 2 heterocycles. The Kier molecular flexibility index (Phi) is 8.54. The van der Waals surface area contributed by atoms with E-state index < -0.39 is 0 Å². The molecule has 0 spiro atoms. The molecule has 1 aromatic carbocycles. The summed E-state index contributed by atoms with van der Waals surface area (Å²) in [6, 6.07) is 9.17. The smallest absolute Gasteiger partial charge is 0.191 e. The van der Waals surface area contributed by atoms with Gasteiger partial charge in [-0.25, -0.2) is 0 Å². The van der Waals surface area contributed by atoms with Gasteiger partial charge >= 0.3 is 0 Å². The van der Waals surface area contributed by atoms with Crippen LogP contribution in [0.25, 0.3) is 0 Å². The van der Waals surface area contributed by atoms with Crippen molar-refractivity contribution in [3.63, 3.8) is 0 Å². The van der Waals surface area contributed by atoms with E-state index in [0.29, 0.717) is 0 Å². The second-order valence-corrected chi connectivity index (χ2v) is 9.81. The Hall–Kier alpha value is -1.40. The van der Waals surface area contributed by atoms with E-state index >= 15 is 0 Å². The number of nitrogens with zero attached hydrogens (tertiary/aromatic N) is 2. The molecule has 0 amide bonds. The summed E-state index contributed by atoms with van der Waals surface area (Å²) in [5.41, 5.74) is 2.65. The molecule has 0 radical (unpaired) electrons. The largest absolute Gasteiger partial charge is 0.381 e. The van der Waals surface area contributed by atoms with E-state index in [0.717, 1.165) is 50.9 Å². The molecule has 0 aliphatic carbocycles. The molecule has 2 saturated heterocycles. The molecule has 6 heteroatoms. The summed E-state index contributed by atoms with van der Waals surface area (Å²) in [6.07, 6.45) is 4.78. The number of rotatable bonds is 8. The molecular formula is C23H38N4OS. The number of anilines is 1. The van der Waals surface area contributed by atoms with Crippen LogP contribution in [0.15, 0.2) is 29.3 Å². The van der Waals surface area contributed by atoms with Crippen molar-refractivity contribution < 1.29 is 4.74 Å². The molecule has 2 aliphatic rings. The first kappa shape index (κ1) is 22.3. The van der Waals surface area contributed by atoms with Gasteiger partial charge in [0.05, 0.1) is 12.6 Å². The van der Waals surface area contributed by atoms with Gasteiger partial charge in [-0.15, -0.1) is 0 Å². The maximum absolute atomic E-state index is 5.60. The topological polar surface area (TPSA) is 48.9 Å². The van der Waals surface area contributed by atoms with Gasteiger partial charge in [0.15, 0.2) is 5.96 Å². The Balaban J connectivity index is 1.67. The summed E-state index contributed by atoms with van der Waals surface area (Å²) in [5.74, 6) is 2.04. The highest BCUT2D eigenvalue weighted by Crippen LogP contribution is 2.35. The highest BCUT2D eigenvalue weighted by Gasteiger charge is 2.32. The molecule has 0 aromatic heterocycles. The number of thioether (sulfide) groups is 1. The number of aliphatic imine (C=N–C) groups is 1. The van der Waals surface area contributed by atoms with Crippen LogP contribution in [0.5, 0.6) is 0 Å². The van der Waals surface area contributed by atoms with Crippen molar-refractivity contribution in [1.29, 1.82) is 0 Å². The predicted molar refractivity (Wildman–Crippen MR) is 126 cm³/mol. The van der Waals surface area contributed by atoms with Gasteiger partial charge in [0.1, 0.15) is 0 Å². The fourth-order valence-electron chi connectivity index (χ4n) is 4.20. The monoisotopic (exact) mass is 418 g/mol. The van der Waals surface area contributed by atoms with Crippen LogP contribution in [0.4, 0.5) is 5.69 Å². The molecule has 29 heavy (non-hydrogen) atoms. The van der Waals surface area contributed by atoms with Crippen LogP contribution in [-0.4, -0.2) is 55.9 Å². The van der Waals surface area contributed by atoms with Crippen LogP contribution in [0.3, 0.4) is 0 Å². The van der Waals surface area contributed by atoms with Gasteiger partial charge in [-0.3, -0.25) is 4.99 Å². The summed E-state index contributed by atoms with van der Waals surface area (Å²) in [5, 5.41) is 7.07. The van der Waals surface area contributed by atoms with Crippen molar-refractivity contribution >= 4 is 23.4 Å². The van der Waals surface area contributed by atoms with Crippen molar-refractivity contribution in [3.05, 3.63) is 29.8 Å². The van der Waals surface area contributed by atoms with Crippen LogP contribution in [-0.2, 0) is 4.74 Å². The van der Waals surface area contributed by atoms with E-state index in [2.05, 4.69) is 60.6 Å². The van der Waals surface area contributed by atoms with Crippen LogP contribution >= 0.6 is 11.8 Å². The van der Waals surface area contributed by atoms with Gasteiger partial charge < -0.3 is 20.3 Å². The lowest BCUT2D eigenvalue weighted by atomic mass is 9.99. The fourth-order valence-corrected chi connectivity index (χ4v) is 5.42. The molecule has 2 fully saturated rings. The zero-order valence-corrected chi connectivity index (χ0v) is 19.2. The van der Waals surface area contributed by atoms with E-state index in [4.69, 9.17) is 9.73 Å². The van der Waals surface area contributed by atoms with Crippen molar-refractivity contribution in [3.8, 4) is 0 Å². The zero-order valence-electron chi connectivity index (χ0n) is 18.4. The molecule has 0 bridgehead atoms. The first-order chi connectivity index (χ1) is 14.2. The van der Waals surface area contributed by atoms with Crippen molar-refractivity contribution in [1.82, 2.24) is 10.6 Å². The Labute approximate surface area is 181 Å². The van der Waals surface area contributed by atoms with E-state index in [-0.39, 0.29) is 10.8 Å². The minimum Gasteiger partial charge on any atom is -0.381 e. The lowest BCUT2D eigenvalue weighted by Gasteiger charge is -2.35. The highest BCUT2D eigenvalue weighted by atomic mass is 32.2. The van der Waals surface area contributed by atoms with E-state index in [1.807, 2.05) is 11.8 Å². The third-order valence-corrected chi connectivity index (χ3v) is 7.36. The van der Waals surface area contributed by atoms with Crippen molar-refractivity contribution in [2.45, 2.75) is 57.2 Å². The number of guanidine groups is 1. The Morgan fingerprint density at radius 1 is 1.24 bits per heavy atom. The quantitative estimate of drug-likeness (QED) is 0.489. The fraction of sp³-hybridized carbons (Fsp3) is 0.696. The first-order valence-corrected chi connectivity index (χ1v) is 12.3. The van der Waals surface area contributed by atoms with Gasteiger partial charge in [0, 0.05) is 43.3 Å². The number of benzene rings is 1. The van der Waals surface area contributed by atoms with E-state index in [1.54, 1.807) is 0 Å². The summed E-state index contributed by atoms with van der Waals surface area (Å²) >= 11 is 2.04. The average Bonchev–Trinajstić information content (AvgIpc) is 3.28. The standard InChI is InChI=1S/C23H38N4OS/c1-4-24-22(25-18-23(29-5-2)11-15-28-16-12-23)26-19(3)20-9-8-10-21(17-20)27-13-6-7-14-27/h8-10,17,19H,4-7,11-16,18H2,1-3H3,(H2,24,25,26). The molecule has 2 aliphatic heterocycles. The Morgan fingerprint density at radius 3 is 2.69 bits per heavy atom. The summed E-state index contributed by atoms with van der Waals surface area (Å²) in [4.78, 5) is 7.49. The SMILES string of the molecule is CCNC(=NCC1(SCC)CCOCC1)NC(C)c1cccc(N2CCCC2)c1. The number of nitrogens with one attached hydrogen (secondary N) is 2. The third-order valence-electron chi connectivity index (χ3n) is 5.92. The summed E-state index contributed by atoms with van der Waals surface area (Å²) in [6.45, 7) is 12.4. The third kappa shape index (κ3) is 6.29. The van der Waals surface area contributed by atoms with Crippen molar-refractivity contribution in [2.75, 3.05) is 50.0 Å². The minimum absolute atomic E-state index is 0.208. The number of ether oxygens (including phenoxy) is 1. The zero-order chi connectivity index (χ0) is 20.5. The lowest BCUT2D eigenvalue weighted by molar-refractivity contribution is 0.0793. The minimum atomic E-state index is 0.208. The highest BCUT2D eigenvalue weighted by molar-refractivity contribution is 8.00. The van der Waals surface area contributed by atoms with Gasteiger partial charge in [0.25, 0.3) is 0 Å². The molecule has 162 valence electrons. The summed E-state index contributed by atoms with van der Waals surface area (Å²) < 4.78 is 5.82. The second-order valence-electron chi connectivity index (χ2n) is 8.08. The van der Waals surface area contributed by atoms with Crippen LogP contribution in [0, 0.1) is 0 Å². The Bertz CT molecular complexity index is 649. The molecule has 1 aromatic rings. The van der Waals surface area contributed by atoms with Gasteiger partial charge in [-0.2, -0.15) is 11.8 Å². The molecule has 0 saturated carbocycles. The normalized spacial score (nSPS) is 20.5. The second kappa shape index (κ2) is 11.1.